The van der Waals surface area contributed by atoms with E-state index in [0.29, 0.717) is 6.42 Å². The number of ether oxygens (including phenoxy) is 6. The highest BCUT2D eigenvalue weighted by molar-refractivity contribution is 5.76. The average molecular weight is 1450 g/mol. The molecule has 0 aliphatic carbocycles. The number of carbonyl (C=O) groups excluding carboxylic acids is 1. The van der Waals surface area contributed by atoms with Crippen LogP contribution in [0.25, 0.3) is 0 Å². The second-order valence-electron chi connectivity index (χ2n) is 30.7. The lowest BCUT2D eigenvalue weighted by atomic mass is 9.96. The largest absolute Gasteiger partial charge is 0.394 e. The van der Waals surface area contributed by atoms with Gasteiger partial charge < -0.3 is 89.9 Å². The zero-order chi connectivity index (χ0) is 73.2. The number of aliphatic hydroxyl groups excluding tert-OH is 11. The number of nitrogens with one attached hydrogen (secondary N) is 1. The molecule has 0 aromatic carbocycles. The molecule has 3 saturated heterocycles. The van der Waals surface area contributed by atoms with Crippen LogP contribution >= 0.6 is 0 Å². The highest BCUT2D eigenvalue weighted by Crippen LogP contribution is 2.33. The first kappa shape index (κ1) is 93.7. The molecule has 3 aliphatic rings. The Morgan fingerprint density at radius 1 is 0.347 bits per heavy atom. The molecular formula is C82H157NO18. The third-order valence-electron chi connectivity index (χ3n) is 21.6. The molecule has 19 nitrogen and oxygen atoms in total. The van der Waals surface area contributed by atoms with E-state index in [1.807, 2.05) is 6.08 Å². The van der Waals surface area contributed by atoms with Crippen LogP contribution in [-0.4, -0.2) is 193 Å². The number of carbonyl (C=O) groups is 1. The zero-order valence-electron chi connectivity index (χ0n) is 64.2. The smallest absolute Gasteiger partial charge is 0.220 e. The number of rotatable bonds is 69. The number of allylic oxidation sites excluding steroid dienone is 1. The van der Waals surface area contributed by atoms with E-state index in [0.717, 1.165) is 44.9 Å². The highest BCUT2D eigenvalue weighted by atomic mass is 16.8. The normalized spacial score (nSPS) is 26.3. The van der Waals surface area contributed by atoms with E-state index < -0.39 is 124 Å². The monoisotopic (exact) mass is 1440 g/mol. The van der Waals surface area contributed by atoms with Crippen molar-refractivity contribution in [2.45, 2.75) is 478 Å². The van der Waals surface area contributed by atoms with Crippen molar-refractivity contribution in [3.8, 4) is 0 Å². The number of hydrogen-bond acceptors (Lipinski definition) is 18. The minimum absolute atomic E-state index is 0.250. The first-order valence-electron chi connectivity index (χ1n) is 42.4. The summed E-state index contributed by atoms with van der Waals surface area (Å²) in [4.78, 5) is 13.5. The predicted octanol–water partition coefficient (Wildman–Crippen LogP) is 14.7. The summed E-state index contributed by atoms with van der Waals surface area (Å²) in [6.45, 7) is 1.79. The Hall–Kier alpha value is -1.47. The van der Waals surface area contributed by atoms with Crippen molar-refractivity contribution in [1.29, 1.82) is 0 Å². The van der Waals surface area contributed by atoms with Crippen LogP contribution in [0.1, 0.15) is 373 Å². The van der Waals surface area contributed by atoms with Gasteiger partial charge in [0.15, 0.2) is 18.9 Å². The lowest BCUT2D eigenvalue weighted by Gasteiger charge is -2.48. The summed E-state index contributed by atoms with van der Waals surface area (Å²) in [6.07, 6.45) is 49.5. The van der Waals surface area contributed by atoms with Gasteiger partial charge in [0.25, 0.3) is 0 Å². The summed E-state index contributed by atoms with van der Waals surface area (Å²) in [7, 11) is 0. The number of amides is 1. The molecule has 1 amide bonds. The van der Waals surface area contributed by atoms with Gasteiger partial charge in [-0.25, -0.2) is 0 Å². The van der Waals surface area contributed by atoms with Crippen LogP contribution in [0.4, 0.5) is 0 Å². The molecule has 3 fully saturated rings. The summed E-state index contributed by atoms with van der Waals surface area (Å²) in [5.74, 6) is -0.267. The molecule has 0 saturated carbocycles. The molecule has 12 N–H and O–H groups in total. The van der Waals surface area contributed by atoms with Gasteiger partial charge in [0.05, 0.1) is 38.6 Å². The van der Waals surface area contributed by atoms with E-state index in [9.17, 15) is 61.0 Å². The Morgan fingerprint density at radius 2 is 0.614 bits per heavy atom. The van der Waals surface area contributed by atoms with E-state index in [4.69, 9.17) is 28.4 Å². The highest BCUT2D eigenvalue weighted by Gasteiger charge is 2.54. The molecule has 3 rings (SSSR count). The molecule has 598 valence electrons. The first-order valence-corrected chi connectivity index (χ1v) is 42.4. The maximum absolute atomic E-state index is 13.5. The number of hydrogen-bond donors (Lipinski definition) is 12. The minimum Gasteiger partial charge on any atom is -0.394 e. The Kier molecular flexibility index (Phi) is 58.9. The lowest BCUT2D eigenvalue weighted by molar-refractivity contribution is -0.379. The van der Waals surface area contributed by atoms with Crippen molar-refractivity contribution in [3.63, 3.8) is 0 Å². The van der Waals surface area contributed by atoms with Crippen molar-refractivity contribution >= 4 is 5.91 Å². The second kappa shape index (κ2) is 63.5. The molecule has 0 aromatic rings. The Morgan fingerprint density at radius 3 is 0.931 bits per heavy atom. The van der Waals surface area contributed by atoms with Crippen LogP contribution in [0, 0.1) is 0 Å². The zero-order valence-corrected chi connectivity index (χ0v) is 64.2. The number of aliphatic hydroxyl groups is 11. The van der Waals surface area contributed by atoms with Gasteiger partial charge in [-0.05, 0) is 19.3 Å². The molecule has 3 heterocycles. The van der Waals surface area contributed by atoms with E-state index in [2.05, 4.69) is 19.2 Å². The molecule has 0 spiro atoms. The maximum atomic E-state index is 13.5. The van der Waals surface area contributed by atoms with Crippen LogP contribution in [0.15, 0.2) is 12.2 Å². The van der Waals surface area contributed by atoms with Crippen molar-refractivity contribution < 1.29 is 89.4 Å². The molecule has 19 heteroatoms. The molecule has 0 bridgehead atoms. The Bertz CT molecular complexity index is 1870. The fourth-order valence-electron chi connectivity index (χ4n) is 14.8. The molecule has 17 unspecified atom stereocenters. The molecule has 3 aliphatic heterocycles. The Balaban J connectivity index is 1.28. The fourth-order valence-corrected chi connectivity index (χ4v) is 14.8. The summed E-state index contributed by atoms with van der Waals surface area (Å²) >= 11 is 0. The van der Waals surface area contributed by atoms with Gasteiger partial charge in [0.2, 0.25) is 5.91 Å². The van der Waals surface area contributed by atoms with E-state index in [-0.39, 0.29) is 18.9 Å². The number of unbranched alkanes of at least 4 members (excludes halogenated alkanes) is 53. The predicted molar refractivity (Wildman–Crippen MR) is 402 cm³/mol. The summed E-state index contributed by atoms with van der Waals surface area (Å²) < 4.78 is 34.4. The topological polar surface area (TPSA) is 307 Å². The summed E-state index contributed by atoms with van der Waals surface area (Å²) in [5.41, 5.74) is 0. The van der Waals surface area contributed by atoms with E-state index in [1.54, 1.807) is 6.08 Å². The van der Waals surface area contributed by atoms with Gasteiger partial charge in [-0.1, -0.05) is 360 Å². The fraction of sp³-hybridized carbons (Fsp3) is 0.963. The van der Waals surface area contributed by atoms with Crippen molar-refractivity contribution in [2.75, 3.05) is 26.4 Å². The summed E-state index contributed by atoms with van der Waals surface area (Å²) in [5, 5.41) is 121. The molecule has 17 atom stereocenters. The van der Waals surface area contributed by atoms with Gasteiger partial charge in [-0.2, -0.15) is 0 Å². The maximum Gasteiger partial charge on any atom is 0.220 e. The van der Waals surface area contributed by atoms with Crippen molar-refractivity contribution in [2.24, 2.45) is 0 Å². The second-order valence-corrected chi connectivity index (χ2v) is 30.7. The van der Waals surface area contributed by atoms with Crippen LogP contribution in [0.3, 0.4) is 0 Å². The molecular weight excluding hydrogens is 1290 g/mol. The van der Waals surface area contributed by atoms with Crippen LogP contribution in [0.5, 0.6) is 0 Å². The third-order valence-corrected chi connectivity index (χ3v) is 21.6. The average Bonchev–Trinajstić information content (AvgIpc) is 0.782. The molecule has 0 aromatic heterocycles. The first-order chi connectivity index (χ1) is 49.3. The van der Waals surface area contributed by atoms with Crippen LogP contribution in [0.2, 0.25) is 0 Å². The lowest BCUT2D eigenvalue weighted by Crippen LogP contribution is -2.66. The van der Waals surface area contributed by atoms with Crippen LogP contribution in [-0.2, 0) is 33.2 Å². The summed E-state index contributed by atoms with van der Waals surface area (Å²) in [6, 6.07) is -0.970. The van der Waals surface area contributed by atoms with Gasteiger partial charge in [-0.3, -0.25) is 4.79 Å². The van der Waals surface area contributed by atoms with Gasteiger partial charge >= 0.3 is 0 Å². The van der Waals surface area contributed by atoms with E-state index in [1.165, 1.54) is 302 Å². The third kappa shape index (κ3) is 43.3. The quantitative estimate of drug-likeness (QED) is 0.0199. The van der Waals surface area contributed by atoms with Crippen LogP contribution < -0.4 is 5.32 Å². The van der Waals surface area contributed by atoms with Gasteiger partial charge in [0.1, 0.15) is 73.2 Å². The molecule has 101 heavy (non-hydrogen) atoms. The van der Waals surface area contributed by atoms with Crippen molar-refractivity contribution in [1.82, 2.24) is 5.32 Å². The molecule has 0 radical (unpaired) electrons. The standard InChI is InChI=1S/C82H157NO18/c1-3-5-7-9-11-13-15-17-19-21-22-23-24-25-26-27-28-29-30-31-32-33-34-35-36-37-38-39-40-41-42-44-46-48-50-52-54-56-58-60-70(88)83-65(66(87)59-57-55-53-51-49-47-45-43-20-18-16-14-12-10-8-6-4-2)64-96-80-76(94)73(91)78(68(62-85)98-80)101-82-77(95)74(92)79(69(63-86)99-82)100-81-75(93)72(90)71(89)67(61-84)97-81/h57,59,65-69,71-82,84-87,89-95H,3-56,58,60-64H2,1-2H3,(H,83,88)/b59-57+. The van der Waals surface area contributed by atoms with Crippen molar-refractivity contribution in [3.05, 3.63) is 12.2 Å². The minimum atomic E-state index is -1.98. The van der Waals surface area contributed by atoms with Gasteiger partial charge in [0, 0.05) is 6.42 Å². The Labute approximate surface area is 614 Å². The van der Waals surface area contributed by atoms with Gasteiger partial charge in [-0.15, -0.1) is 0 Å². The van der Waals surface area contributed by atoms with E-state index >= 15 is 0 Å². The SMILES string of the molecule is CCCCCCCCCCCCCCCCC/C=C/C(O)C(COC1OC(CO)C(OC2OC(CO)C(OC3OC(CO)C(O)C(O)C3O)C(O)C2O)C(O)C1O)NC(=O)CCCCCCCCCCCCCCCCCCCCCCCCCCCCCCCCCCCCCCCCC.